The Morgan fingerprint density at radius 1 is 1.06 bits per heavy atom. The summed E-state index contributed by atoms with van der Waals surface area (Å²) in [5.41, 5.74) is -0.351. The van der Waals surface area contributed by atoms with Crippen molar-refractivity contribution in [3.63, 3.8) is 0 Å². The normalized spacial score (nSPS) is 11.6. The van der Waals surface area contributed by atoms with Gasteiger partial charge in [-0.3, -0.25) is 4.55 Å². The fourth-order valence-electron chi connectivity index (χ4n) is 0.575. The number of anilines is 1. The van der Waals surface area contributed by atoms with E-state index in [2.05, 4.69) is 0 Å². The van der Waals surface area contributed by atoms with Gasteiger partial charge in [-0.1, -0.05) is 0 Å². The van der Waals surface area contributed by atoms with Crippen LogP contribution >= 0.6 is 0 Å². The van der Waals surface area contributed by atoms with E-state index in [0.29, 0.717) is 0 Å². The first-order valence-electron chi connectivity index (χ1n) is 3.69. The number of rotatable bonds is 0. The third-order valence-electron chi connectivity index (χ3n) is 1.18. The molecule has 0 fully saturated rings. The van der Waals surface area contributed by atoms with E-state index >= 15 is 0 Å². The van der Waals surface area contributed by atoms with Gasteiger partial charge >= 0.3 is 15.6 Å². The average Bonchev–Trinajstić information content (AvgIpc) is 1.96. The molecule has 0 unspecified atom stereocenters. The van der Waals surface area contributed by atoms with Crippen molar-refractivity contribution in [2.24, 2.45) is 0 Å². The molecule has 1 aromatic carbocycles. The zero-order valence-electron chi connectivity index (χ0n) is 7.87. The third-order valence-corrected chi connectivity index (χ3v) is 1.76. The summed E-state index contributed by atoms with van der Waals surface area (Å²) in [6.07, 6.45) is 0. The molecule has 98 valence electrons. The van der Waals surface area contributed by atoms with Crippen LogP contribution in [0, 0.1) is 11.6 Å². The van der Waals surface area contributed by atoms with E-state index in [4.69, 9.17) is 18.7 Å². The van der Waals surface area contributed by atoms with E-state index in [1.54, 1.807) is 0 Å². The maximum atomic E-state index is 12.1. The molecule has 1 aromatic rings. The Morgan fingerprint density at radius 2 is 1.35 bits per heavy atom. The molecule has 0 bridgehead atoms. The summed E-state index contributed by atoms with van der Waals surface area (Å²) in [5.74, 6) is -1.29. The van der Waals surface area contributed by atoms with Gasteiger partial charge in [0.05, 0.1) is 0 Å². The second-order valence-corrected chi connectivity index (χ2v) is 4.04. The summed E-state index contributed by atoms with van der Waals surface area (Å²) in [6.45, 7) is 0. The van der Waals surface area contributed by atoms with Crippen molar-refractivity contribution in [2.75, 3.05) is 5.73 Å². The summed E-state index contributed by atoms with van der Waals surface area (Å²) in [4.78, 5) is 0. The van der Waals surface area contributed by atoms with Gasteiger partial charge in [-0.25, -0.2) is 8.78 Å². The minimum atomic E-state index is -5.84. The van der Waals surface area contributed by atoms with Gasteiger partial charge in [0, 0.05) is 11.8 Å². The zero-order chi connectivity index (χ0) is 13.9. The van der Waals surface area contributed by atoms with Crippen molar-refractivity contribution < 1.29 is 34.9 Å². The van der Waals surface area contributed by atoms with Crippen molar-refractivity contribution in [3.05, 3.63) is 29.8 Å². The molecule has 0 saturated heterocycles. The Balaban J connectivity index is 0.000000304. The van der Waals surface area contributed by atoms with E-state index < -0.39 is 27.3 Å². The topological polar surface area (TPSA) is 80.4 Å². The van der Waals surface area contributed by atoms with Crippen molar-refractivity contribution >= 4 is 15.8 Å². The molecule has 0 amide bonds. The van der Waals surface area contributed by atoms with Crippen LogP contribution in [0.2, 0.25) is 0 Å². The highest BCUT2D eigenvalue weighted by molar-refractivity contribution is 7.86. The van der Waals surface area contributed by atoms with Crippen LogP contribution in [0.25, 0.3) is 0 Å². The molecule has 17 heavy (non-hydrogen) atoms. The first kappa shape index (κ1) is 15.6. The number of hydrogen-bond acceptors (Lipinski definition) is 3. The van der Waals surface area contributed by atoms with Gasteiger partial charge in [-0.2, -0.15) is 21.6 Å². The smallest absolute Gasteiger partial charge is 0.399 e. The molecular weight excluding hydrogens is 273 g/mol. The van der Waals surface area contributed by atoms with Crippen LogP contribution in [0.15, 0.2) is 18.2 Å². The van der Waals surface area contributed by atoms with E-state index in [1.165, 1.54) is 0 Å². The first-order chi connectivity index (χ1) is 7.43. The molecule has 10 heteroatoms. The summed E-state index contributed by atoms with van der Waals surface area (Å²) >= 11 is 0. The van der Waals surface area contributed by atoms with Gasteiger partial charge in [0.15, 0.2) is 0 Å². The Labute approximate surface area is 92.6 Å². The Morgan fingerprint density at radius 3 is 1.53 bits per heavy atom. The number of alkyl halides is 3. The van der Waals surface area contributed by atoms with Crippen LogP contribution in [0.1, 0.15) is 0 Å². The minimum absolute atomic E-state index is 0.104. The first-order valence-corrected chi connectivity index (χ1v) is 5.13. The molecule has 0 saturated carbocycles. The van der Waals surface area contributed by atoms with Crippen LogP contribution < -0.4 is 5.73 Å². The molecule has 0 aliphatic rings. The number of halogens is 5. The average molecular weight is 279 g/mol. The number of hydrogen-bond donors (Lipinski definition) is 2. The lowest BCUT2D eigenvalue weighted by Gasteiger charge is -1.97. The molecule has 3 N–H and O–H groups in total. The van der Waals surface area contributed by atoms with Gasteiger partial charge in [0.2, 0.25) is 0 Å². The molecule has 0 aliphatic heterocycles. The lowest BCUT2D eigenvalue weighted by molar-refractivity contribution is -0.0510. The number of nitrogens with two attached hydrogens (primary N) is 1. The highest BCUT2D eigenvalue weighted by Crippen LogP contribution is 2.20. The summed E-state index contributed by atoms with van der Waals surface area (Å²) < 4.78 is 81.8. The van der Waals surface area contributed by atoms with E-state index in [1.807, 2.05) is 0 Å². The summed E-state index contributed by atoms with van der Waals surface area (Å²) in [5, 5.41) is 0. The SMILES string of the molecule is Nc1cc(F)cc(F)c1.O=S(=O)(O)C(F)(F)F. The van der Waals surface area contributed by atoms with Gasteiger partial charge < -0.3 is 5.73 Å². The Bertz CT molecular complexity index is 434. The fourth-order valence-corrected chi connectivity index (χ4v) is 0.575. The molecule has 0 atom stereocenters. The molecule has 0 heterocycles. The van der Waals surface area contributed by atoms with Crippen molar-refractivity contribution in [1.82, 2.24) is 0 Å². The summed E-state index contributed by atoms with van der Waals surface area (Å²) in [7, 11) is -5.84. The van der Waals surface area contributed by atoms with Crippen LogP contribution in [0.3, 0.4) is 0 Å². The maximum absolute atomic E-state index is 12.1. The van der Waals surface area contributed by atoms with E-state index in [-0.39, 0.29) is 5.69 Å². The van der Waals surface area contributed by atoms with Crippen molar-refractivity contribution in [1.29, 1.82) is 0 Å². The van der Waals surface area contributed by atoms with Crippen LogP contribution in [0.5, 0.6) is 0 Å². The number of nitrogen functional groups attached to an aromatic ring is 1. The van der Waals surface area contributed by atoms with Crippen LogP contribution in [0.4, 0.5) is 27.6 Å². The largest absolute Gasteiger partial charge is 0.522 e. The third kappa shape index (κ3) is 6.02. The maximum Gasteiger partial charge on any atom is 0.522 e. The lowest BCUT2D eigenvalue weighted by Crippen LogP contribution is -2.21. The Hall–Kier alpha value is -1.42. The molecule has 0 aliphatic carbocycles. The second-order valence-electron chi connectivity index (χ2n) is 2.62. The number of benzene rings is 1. The molecular formula is C7H6F5NO3S. The van der Waals surface area contributed by atoms with Gasteiger partial charge in [-0.15, -0.1) is 0 Å². The predicted molar refractivity (Wildman–Crippen MR) is 48.4 cm³/mol. The van der Waals surface area contributed by atoms with E-state index in [9.17, 15) is 22.0 Å². The van der Waals surface area contributed by atoms with Crippen LogP contribution in [-0.2, 0) is 10.1 Å². The van der Waals surface area contributed by atoms with Gasteiger partial charge in [0.25, 0.3) is 0 Å². The lowest BCUT2D eigenvalue weighted by atomic mass is 10.3. The highest BCUT2D eigenvalue weighted by atomic mass is 32.2. The summed E-state index contributed by atoms with van der Waals surface area (Å²) in [6, 6.07) is 2.89. The quantitative estimate of drug-likeness (QED) is 0.329. The van der Waals surface area contributed by atoms with Gasteiger partial charge in [0.1, 0.15) is 11.6 Å². The van der Waals surface area contributed by atoms with Crippen molar-refractivity contribution in [2.45, 2.75) is 5.51 Å². The monoisotopic (exact) mass is 279 g/mol. The molecule has 0 spiro atoms. The van der Waals surface area contributed by atoms with Gasteiger partial charge in [-0.05, 0) is 12.1 Å². The molecule has 0 radical (unpaired) electrons. The second kappa shape index (κ2) is 5.27. The molecule has 4 nitrogen and oxygen atoms in total. The van der Waals surface area contributed by atoms with Crippen molar-refractivity contribution in [3.8, 4) is 0 Å². The molecule has 1 rings (SSSR count). The van der Waals surface area contributed by atoms with Crippen LogP contribution in [-0.4, -0.2) is 18.5 Å². The fraction of sp³-hybridized carbons (Fsp3) is 0.143. The minimum Gasteiger partial charge on any atom is -0.399 e. The Kier molecular flexibility index (Phi) is 4.83. The highest BCUT2D eigenvalue weighted by Gasteiger charge is 2.44. The standard InChI is InChI=1S/C6H5F2N.CHF3O3S/c7-4-1-5(8)3-6(9)2-4;2-1(3,4)8(5,6)7/h1-3H,9H2;(H,5,6,7). The zero-order valence-corrected chi connectivity index (χ0v) is 8.69. The predicted octanol–water partition coefficient (Wildman–Crippen LogP) is 1.94. The molecule has 0 aromatic heterocycles. The van der Waals surface area contributed by atoms with E-state index in [0.717, 1.165) is 18.2 Å².